The molecule has 6 rings (SSSR count). The van der Waals surface area contributed by atoms with Crippen LogP contribution in [0.4, 0.5) is 0 Å². The Labute approximate surface area is 244 Å². The van der Waals surface area contributed by atoms with Gasteiger partial charge in [-0.2, -0.15) is 5.26 Å². The average molecular weight is 528 g/mol. The number of hydrogen-bond acceptors (Lipinski definition) is 1. The van der Waals surface area contributed by atoms with Gasteiger partial charge < -0.3 is 0 Å². The van der Waals surface area contributed by atoms with Crippen LogP contribution in [-0.2, 0) is 0 Å². The van der Waals surface area contributed by atoms with E-state index < -0.39 is 0 Å². The molecule has 0 radical (unpaired) electrons. The molecule has 0 aliphatic carbocycles. The summed E-state index contributed by atoms with van der Waals surface area (Å²) in [4.78, 5) is 0. The molecule has 0 aliphatic heterocycles. The third-order valence-electron chi connectivity index (χ3n) is 8.60. The van der Waals surface area contributed by atoms with E-state index in [4.69, 9.17) is 0 Å². The number of rotatable bonds is 4. The lowest BCUT2D eigenvalue weighted by Gasteiger charge is -2.28. The Hall–Kier alpha value is -4.61. The minimum Gasteiger partial charge on any atom is -0.192 e. The SMILES string of the molecule is Cc1cc(C)c(B(c2c(C)cc(C)cc2C)c2c3ccccc3c(-c3cccc(C#N)c3)c3ccccc23)c(C)c1. The van der Waals surface area contributed by atoms with Crippen molar-refractivity contribution in [3.8, 4) is 17.2 Å². The molecule has 6 aromatic rings. The van der Waals surface area contributed by atoms with Gasteiger partial charge in [-0.05, 0) is 86.3 Å². The second-order valence-electron chi connectivity index (χ2n) is 11.6. The van der Waals surface area contributed by atoms with E-state index in [-0.39, 0.29) is 6.71 Å². The van der Waals surface area contributed by atoms with Gasteiger partial charge in [-0.3, -0.25) is 0 Å². The monoisotopic (exact) mass is 527 g/mol. The molecular weight excluding hydrogens is 493 g/mol. The van der Waals surface area contributed by atoms with Crippen LogP contribution in [0.15, 0.2) is 97.1 Å². The van der Waals surface area contributed by atoms with E-state index in [0.717, 1.165) is 5.56 Å². The topological polar surface area (TPSA) is 23.8 Å². The van der Waals surface area contributed by atoms with E-state index in [0.29, 0.717) is 5.56 Å². The molecule has 0 saturated heterocycles. The Balaban J connectivity index is 1.83. The van der Waals surface area contributed by atoms with E-state index >= 15 is 0 Å². The molecular formula is C39H34BN. The first-order chi connectivity index (χ1) is 19.8. The quantitative estimate of drug-likeness (QED) is 0.169. The van der Waals surface area contributed by atoms with Gasteiger partial charge in [0.05, 0.1) is 11.6 Å². The average Bonchev–Trinajstić information content (AvgIpc) is 2.94. The first kappa shape index (κ1) is 26.6. The number of fused-ring (bicyclic) bond motifs is 2. The van der Waals surface area contributed by atoms with E-state index in [9.17, 15) is 5.26 Å². The number of nitrogens with zero attached hydrogens (tertiary/aromatic N) is 1. The van der Waals surface area contributed by atoms with Crippen LogP contribution in [0.3, 0.4) is 0 Å². The van der Waals surface area contributed by atoms with Gasteiger partial charge in [0.15, 0.2) is 0 Å². The fraction of sp³-hybridized carbons (Fsp3) is 0.154. The molecule has 0 atom stereocenters. The summed E-state index contributed by atoms with van der Waals surface area (Å²) in [6.45, 7) is 13.5. The minimum atomic E-state index is 0.0606. The molecule has 0 aromatic heterocycles. The summed E-state index contributed by atoms with van der Waals surface area (Å²) in [6.07, 6.45) is 0. The van der Waals surface area contributed by atoms with Crippen molar-refractivity contribution >= 4 is 44.6 Å². The number of benzene rings is 6. The van der Waals surface area contributed by atoms with E-state index in [2.05, 4.69) is 126 Å². The first-order valence-electron chi connectivity index (χ1n) is 14.4. The van der Waals surface area contributed by atoms with E-state index in [1.54, 1.807) is 0 Å². The minimum absolute atomic E-state index is 0.0606. The van der Waals surface area contributed by atoms with Gasteiger partial charge in [-0.15, -0.1) is 0 Å². The Morgan fingerprint density at radius 3 is 1.37 bits per heavy atom. The van der Waals surface area contributed by atoms with Gasteiger partial charge in [-0.25, -0.2) is 0 Å². The van der Waals surface area contributed by atoms with Gasteiger partial charge in [0.2, 0.25) is 6.71 Å². The molecule has 0 spiro atoms. The molecule has 1 nitrogen and oxygen atoms in total. The summed E-state index contributed by atoms with van der Waals surface area (Å²) < 4.78 is 0. The van der Waals surface area contributed by atoms with Crippen LogP contribution < -0.4 is 16.4 Å². The normalized spacial score (nSPS) is 11.1. The van der Waals surface area contributed by atoms with Crippen LogP contribution in [-0.4, -0.2) is 6.71 Å². The Morgan fingerprint density at radius 1 is 0.488 bits per heavy atom. The molecule has 0 amide bonds. The van der Waals surface area contributed by atoms with Crippen LogP contribution in [0.25, 0.3) is 32.7 Å². The first-order valence-corrected chi connectivity index (χ1v) is 14.4. The highest BCUT2D eigenvalue weighted by Crippen LogP contribution is 2.36. The molecule has 0 bridgehead atoms. The van der Waals surface area contributed by atoms with Crippen molar-refractivity contribution in [2.75, 3.05) is 0 Å². The van der Waals surface area contributed by atoms with Crippen molar-refractivity contribution in [3.05, 3.63) is 136 Å². The zero-order valence-corrected chi connectivity index (χ0v) is 24.8. The van der Waals surface area contributed by atoms with Crippen LogP contribution in [0, 0.1) is 52.9 Å². The van der Waals surface area contributed by atoms with Crippen LogP contribution in [0.2, 0.25) is 0 Å². The van der Waals surface area contributed by atoms with Crippen molar-refractivity contribution in [1.82, 2.24) is 0 Å². The van der Waals surface area contributed by atoms with Gasteiger partial charge in [0.25, 0.3) is 0 Å². The highest BCUT2D eigenvalue weighted by molar-refractivity contribution is 6.99. The lowest BCUT2D eigenvalue weighted by molar-refractivity contribution is 1.34. The van der Waals surface area contributed by atoms with Crippen molar-refractivity contribution in [2.24, 2.45) is 0 Å². The third kappa shape index (κ3) is 4.53. The standard InChI is InChI=1S/C39H34BN/c1-24-18-26(3)37(27(4)19-24)40(38-28(5)20-25(2)21-29(38)6)39-34-16-9-7-14-32(34)36(33-15-8-10-17-35(33)39)31-13-11-12-30(22-31)23-41/h7-22H,1-6H3. The second-order valence-corrected chi connectivity index (χ2v) is 11.6. The molecule has 41 heavy (non-hydrogen) atoms. The molecule has 0 saturated carbocycles. The van der Waals surface area contributed by atoms with E-state index in [1.807, 2.05) is 18.2 Å². The summed E-state index contributed by atoms with van der Waals surface area (Å²) in [5.74, 6) is 0. The number of aryl methyl sites for hydroxylation is 6. The van der Waals surface area contributed by atoms with Crippen LogP contribution in [0.1, 0.15) is 38.9 Å². The lowest BCUT2D eigenvalue weighted by Crippen LogP contribution is -2.56. The summed E-state index contributed by atoms with van der Waals surface area (Å²) in [5.41, 5.74) is 14.9. The van der Waals surface area contributed by atoms with Crippen molar-refractivity contribution in [2.45, 2.75) is 41.5 Å². The molecule has 0 unspecified atom stereocenters. The van der Waals surface area contributed by atoms with Gasteiger partial charge in [0, 0.05) is 0 Å². The largest absolute Gasteiger partial charge is 0.244 e. The summed E-state index contributed by atoms with van der Waals surface area (Å²) in [5, 5.41) is 14.6. The van der Waals surface area contributed by atoms with Crippen molar-refractivity contribution < 1.29 is 0 Å². The highest BCUT2D eigenvalue weighted by Gasteiger charge is 2.32. The molecule has 0 fully saturated rings. The van der Waals surface area contributed by atoms with Crippen molar-refractivity contribution in [1.29, 1.82) is 5.26 Å². The smallest absolute Gasteiger partial charge is 0.192 e. The third-order valence-corrected chi connectivity index (χ3v) is 8.60. The Morgan fingerprint density at radius 2 is 0.927 bits per heavy atom. The maximum atomic E-state index is 9.70. The predicted molar refractivity (Wildman–Crippen MR) is 178 cm³/mol. The zero-order valence-electron chi connectivity index (χ0n) is 24.8. The summed E-state index contributed by atoms with van der Waals surface area (Å²) in [6, 6.07) is 37.4. The van der Waals surface area contributed by atoms with E-state index in [1.165, 1.54) is 76.9 Å². The zero-order chi connectivity index (χ0) is 28.8. The van der Waals surface area contributed by atoms with Crippen LogP contribution >= 0.6 is 0 Å². The predicted octanol–water partition coefficient (Wildman–Crippen LogP) is 7.90. The lowest BCUT2D eigenvalue weighted by atomic mass is 9.33. The maximum Gasteiger partial charge on any atom is 0.244 e. The van der Waals surface area contributed by atoms with Gasteiger partial charge in [-0.1, -0.05) is 135 Å². The molecule has 198 valence electrons. The van der Waals surface area contributed by atoms with Gasteiger partial charge in [0.1, 0.15) is 0 Å². The molecule has 6 aromatic carbocycles. The fourth-order valence-electron chi connectivity index (χ4n) is 7.25. The maximum absolute atomic E-state index is 9.70. The highest BCUT2D eigenvalue weighted by atomic mass is 14.2. The second kappa shape index (κ2) is 10.4. The van der Waals surface area contributed by atoms with Crippen molar-refractivity contribution in [3.63, 3.8) is 0 Å². The Bertz CT molecular complexity index is 1860. The number of hydrogen-bond donors (Lipinski definition) is 0. The van der Waals surface area contributed by atoms with Crippen LogP contribution in [0.5, 0.6) is 0 Å². The summed E-state index contributed by atoms with van der Waals surface area (Å²) >= 11 is 0. The molecule has 2 heteroatoms. The Kier molecular flexibility index (Phi) is 6.76. The molecule has 0 heterocycles. The summed E-state index contributed by atoms with van der Waals surface area (Å²) in [7, 11) is 0. The van der Waals surface area contributed by atoms with Gasteiger partial charge >= 0.3 is 0 Å². The fourth-order valence-corrected chi connectivity index (χ4v) is 7.25. The molecule has 0 aliphatic rings. The molecule has 0 N–H and O–H groups in total. The number of nitriles is 1.